The highest BCUT2D eigenvalue weighted by Gasteiger charge is 1.98. The largest absolute Gasteiger partial charge is 0.337 e. The van der Waals surface area contributed by atoms with E-state index in [1.165, 1.54) is 16.0 Å². The minimum atomic E-state index is 0.714. The number of hydrogen-bond acceptors (Lipinski definition) is 3. The summed E-state index contributed by atoms with van der Waals surface area (Å²) >= 11 is 6.54. The van der Waals surface area contributed by atoms with Gasteiger partial charge in [0.2, 0.25) is 0 Å². The van der Waals surface area contributed by atoms with Crippen molar-refractivity contribution in [3.05, 3.63) is 28.2 Å². The average molecular weight is 182 g/mol. The second-order valence-electron chi connectivity index (χ2n) is 2.21. The van der Waals surface area contributed by atoms with Crippen molar-refractivity contribution in [2.75, 3.05) is 5.84 Å². The molecular weight excluding hydrogens is 176 g/mol. The normalized spacial score (nSPS) is 10.5. The van der Waals surface area contributed by atoms with E-state index in [1.807, 2.05) is 24.3 Å². The van der Waals surface area contributed by atoms with E-state index in [0.717, 1.165) is 10.2 Å². The van der Waals surface area contributed by atoms with Crippen LogP contribution in [-0.2, 0) is 0 Å². The van der Waals surface area contributed by atoms with Crippen molar-refractivity contribution < 1.29 is 0 Å². The fraction of sp³-hybridized carbons (Fsp3) is 0. The molecule has 1 heterocycles. The number of nitrogens with zero attached hydrogens (tertiary/aromatic N) is 1. The molecule has 0 aliphatic carbocycles. The summed E-state index contributed by atoms with van der Waals surface area (Å²) in [6.45, 7) is 0. The van der Waals surface area contributed by atoms with E-state index in [4.69, 9.17) is 18.1 Å². The lowest BCUT2D eigenvalue weighted by Crippen LogP contribution is -2.06. The van der Waals surface area contributed by atoms with E-state index in [9.17, 15) is 0 Å². The second kappa shape index (κ2) is 2.32. The number of thiazole rings is 1. The maximum Gasteiger partial charge on any atom is 0.180 e. The number of hydrogen-bond donors (Lipinski definition) is 1. The Morgan fingerprint density at radius 1 is 1.36 bits per heavy atom. The molecule has 0 atom stereocenters. The lowest BCUT2D eigenvalue weighted by atomic mass is 10.3. The van der Waals surface area contributed by atoms with Crippen molar-refractivity contribution >= 4 is 33.8 Å². The van der Waals surface area contributed by atoms with Gasteiger partial charge in [0.05, 0.1) is 10.2 Å². The first-order chi connectivity index (χ1) is 5.29. The van der Waals surface area contributed by atoms with Crippen LogP contribution in [0.25, 0.3) is 10.2 Å². The predicted octanol–water partition coefficient (Wildman–Crippen LogP) is 2.15. The number of para-hydroxylation sites is 1. The van der Waals surface area contributed by atoms with E-state index in [2.05, 4.69) is 0 Å². The van der Waals surface area contributed by atoms with Crippen molar-refractivity contribution in [2.24, 2.45) is 0 Å². The zero-order valence-electron chi connectivity index (χ0n) is 5.65. The Morgan fingerprint density at radius 3 is 2.82 bits per heavy atom. The van der Waals surface area contributed by atoms with Crippen molar-refractivity contribution in [1.29, 1.82) is 0 Å². The molecule has 2 rings (SSSR count). The summed E-state index contributed by atoms with van der Waals surface area (Å²) in [5, 5.41) is 0. The maximum absolute atomic E-state index is 5.66. The summed E-state index contributed by atoms with van der Waals surface area (Å²) in [6, 6.07) is 7.90. The Balaban J connectivity index is 3.04. The fourth-order valence-corrected chi connectivity index (χ4v) is 2.15. The second-order valence-corrected chi connectivity index (χ2v) is 3.88. The van der Waals surface area contributed by atoms with Crippen LogP contribution in [0.15, 0.2) is 24.3 Å². The van der Waals surface area contributed by atoms with Gasteiger partial charge >= 0.3 is 0 Å². The maximum atomic E-state index is 5.66. The zero-order chi connectivity index (χ0) is 7.84. The number of nitrogens with two attached hydrogens (primary N) is 1. The van der Waals surface area contributed by atoms with Crippen LogP contribution in [0.1, 0.15) is 0 Å². The summed E-state index contributed by atoms with van der Waals surface area (Å²) in [5.74, 6) is 5.66. The third kappa shape index (κ3) is 0.948. The lowest BCUT2D eigenvalue weighted by Gasteiger charge is -1.91. The Hall–Kier alpha value is -0.870. The van der Waals surface area contributed by atoms with Crippen molar-refractivity contribution in [1.82, 2.24) is 4.68 Å². The first kappa shape index (κ1) is 6.82. The molecule has 0 spiro atoms. The molecule has 2 aromatic rings. The van der Waals surface area contributed by atoms with Gasteiger partial charge < -0.3 is 5.84 Å². The average Bonchev–Trinajstić information content (AvgIpc) is 2.30. The van der Waals surface area contributed by atoms with Gasteiger partial charge in [-0.15, -0.1) is 11.3 Å². The number of fused-ring (bicyclic) bond motifs is 1. The number of benzene rings is 1. The van der Waals surface area contributed by atoms with E-state index in [0.29, 0.717) is 3.95 Å². The monoisotopic (exact) mass is 182 g/mol. The molecule has 4 heteroatoms. The molecule has 0 saturated heterocycles. The highest BCUT2D eigenvalue weighted by Crippen LogP contribution is 2.19. The molecule has 0 aliphatic rings. The van der Waals surface area contributed by atoms with E-state index in [-0.39, 0.29) is 0 Å². The summed E-state index contributed by atoms with van der Waals surface area (Å²) in [6.07, 6.45) is 0. The Morgan fingerprint density at radius 2 is 2.09 bits per heavy atom. The van der Waals surface area contributed by atoms with Gasteiger partial charge in [-0.05, 0) is 24.4 Å². The number of rotatable bonds is 0. The smallest absolute Gasteiger partial charge is 0.180 e. The van der Waals surface area contributed by atoms with Gasteiger partial charge in [0.25, 0.3) is 0 Å². The van der Waals surface area contributed by atoms with Gasteiger partial charge in [-0.1, -0.05) is 12.1 Å². The standard InChI is InChI=1S/C7H6N2S2/c8-9-5-3-1-2-4-6(5)11-7(9)10/h1-4H,8H2. The third-order valence-corrected chi connectivity index (χ3v) is 2.90. The van der Waals surface area contributed by atoms with Gasteiger partial charge in [-0.25, -0.2) is 4.68 Å². The molecule has 11 heavy (non-hydrogen) atoms. The van der Waals surface area contributed by atoms with Crippen LogP contribution in [0, 0.1) is 3.95 Å². The van der Waals surface area contributed by atoms with Gasteiger partial charge in [0, 0.05) is 0 Å². The van der Waals surface area contributed by atoms with Gasteiger partial charge in [-0.3, -0.25) is 0 Å². The van der Waals surface area contributed by atoms with E-state index < -0.39 is 0 Å². The molecule has 0 fully saturated rings. The molecule has 0 amide bonds. The topological polar surface area (TPSA) is 30.9 Å². The Labute approximate surface area is 72.9 Å². The van der Waals surface area contributed by atoms with Gasteiger partial charge in [0.1, 0.15) is 0 Å². The molecule has 56 valence electrons. The molecule has 1 aromatic heterocycles. The highest BCUT2D eigenvalue weighted by atomic mass is 32.1. The minimum Gasteiger partial charge on any atom is -0.337 e. The van der Waals surface area contributed by atoms with Crippen LogP contribution >= 0.6 is 23.6 Å². The molecule has 0 radical (unpaired) electrons. The summed E-state index contributed by atoms with van der Waals surface area (Å²) in [4.78, 5) is 0. The quantitative estimate of drug-likeness (QED) is 0.500. The molecule has 0 aliphatic heterocycles. The van der Waals surface area contributed by atoms with Crippen LogP contribution in [0.3, 0.4) is 0 Å². The van der Waals surface area contributed by atoms with Crippen molar-refractivity contribution in [3.8, 4) is 0 Å². The molecule has 0 unspecified atom stereocenters. The Bertz CT molecular complexity index is 441. The summed E-state index contributed by atoms with van der Waals surface area (Å²) < 4.78 is 3.39. The van der Waals surface area contributed by atoms with Crippen LogP contribution < -0.4 is 5.84 Å². The van der Waals surface area contributed by atoms with Crippen LogP contribution in [-0.4, -0.2) is 4.68 Å². The van der Waals surface area contributed by atoms with E-state index >= 15 is 0 Å². The van der Waals surface area contributed by atoms with E-state index in [1.54, 1.807) is 0 Å². The predicted molar refractivity (Wildman–Crippen MR) is 50.8 cm³/mol. The first-order valence-electron chi connectivity index (χ1n) is 3.15. The van der Waals surface area contributed by atoms with Crippen LogP contribution in [0.4, 0.5) is 0 Å². The van der Waals surface area contributed by atoms with Crippen LogP contribution in [0.2, 0.25) is 0 Å². The Kier molecular flexibility index (Phi) is 1.44. The van der Waals surface area contributed by atoms with Crippen LogP contribution in [0.5, 0.6) is 0 Å². The minimum absolute atomic E-state index is 0.714. The fourth-order valence-electron chi connectivity index (χ4n) is 0.984. The van der Waals surface area contributed by atoms with Crippen molar-refractivity contribution in [2.45, 2.75) is 0 Å². The molecule has 2 nitrogen and oxygen atoms in total. The summed E-state index contributed by atoms with van der Waals surface area (Å²) in [7, 11) is 0. The molecule has 1 aromatic carbocycles. The number of aromatic nitrogens is 1. The molecule has 2 N–H and O–H groups in total. The van der Waals surface area contributed by atoms with Gasteiger partial charge in [0.15, 0.2) is 3.95 Å². The third-order valence-electron chi connectivity index (χ3n) is 1.52. The van der Waals surface area contributed by atoms with Gasteiger partial charge in [-0.2, -0.15) is 0 Å². The zero-order valence-corrected chi connectivity index (χ0v) is 7.28. The van der Waals surface area contributed by atoms with Crippen molar-refractivity contribution in [3.63, 3.8) is 0 Å². The molecule has 0 bridgehead atoms. The molecular formula is C7H6N2S2. The number of nitrogen functional groups attached to an aromatic ring is 1. The SMILES string of the molecule is Nn1c(=S)sc2ccccc21. The lowest BCUT2D eigenvalue weighted by molar-refractivity contribution is 1.06. The summed E-state index contributed by atoms with van der Waals surface area (Å²) in [5.41, 5.74) is 1.00. The highest BCUT2D eigenvalue weighted by molar-refractivity contribution is 7.73. The molecule has 0 saturated carbocycles. The first-order valence-corrected chi connectivity index (χ1v) is 4.37.